The molecular formula is C9H16O3. The number of hydrogen-bond acceptors (Lipinski definition) is 3. The van der Waals surface area contributed by atoms with E-state index in [4.69, 9.17) is 0 Å². The summed E-state index contributed by atoms with van der Waals surface area (Å²) in [5.74, 6) is -0.436. The van der Waals surface area contributed by atoms with E-state index in [-0.39, 0.29) is 5.92 Å². The molecule has 0 aromatic heterocycles. The number of aliphatic hydroxyl groups is 1. The van der Waals surface area contributed by atoms with Crippen LogP contribution >= 0.6 is 0 Å². The van der Waals surface area contributed by atoms with Crippen molar-refractivity contribution < 1.29 is 14.6 Å². The second-order valence-corrected chi connectivity index (χ2v) is 2.92. The van der Waals surface area contributed by atoms with Crippen LogP contribution in [0.5, 0.6) is 0 Å². The first-order valence-electron chi connectivity index (χ1n) is 3.97. The van der Waals surface area contributed by atoms with Crippen molar-refractivity contribution in [3.05, 3.63) is 11.6 Å². The van der Waals surface area contributed by atoms with E-state index in [0.29, 0.717) is 5.57 Å². The van der Waals surface area contributed by atoms with Crippen molar-refractivity contribution in [1.82, 2.24) is 0 Å². The van der Waals surface area contributed by atoms with E-state index in [1.54, 1.807) is 13.0 Å². The van der Waals surface area contributed by atoms with Gasteiger partial charge >= 0.3 is 5.97 Å². The molecule has 0 heterocycles. The number of esters is 1. The molecule has 3 heteroatoms. The molecule has 12 heavy (non-hydrogen) atoms. The third-order valence-corrected chi connectivity index (χ3v) is 1.68. The molecule has 3 nitrogen and oxygen atoms in total. The van der Waals surface area contributed by atoms with Gasteiger partial charge in [-0.25, -0.2) is 4.79 Å². The van der Waals surface area contributed by atoms with Crippen molar-refractivity contribution in [3.63, 3.8) is 0 Å². The van der Waals surface area contributed by atoms with Gasteiger partial charge in [0.05, 0.1) is 18.8 Å². The zero-order chi connectivity index (χ0) is 9.72. The molecule has 1 unspecified atom stereocenters. The number of methoxy groups -OCH3 is 1. The standard InChI is InChI=1S/C9H16O3/c1-5-7(9(11)12-4)8(10)6(2)3/h5-6,8,10H,1-4H3/b7-5+. The Morgan fingerprint density at radius 2 is 2.00 bits per heavy atom. The first-order valence-corrected chi connectivity index (χ1v) is 3.97. The lowest BCUT2D eigenvalue weighted by molar-refractivity contribution is -0.137. The molecule has 0 rings (SSSR count). The summed E-state index contributed by atoms with van der Waals surface area (Å²) in [7, 11) is 1.30. The third-order valence-electron chi connectivity index (χ3n) is 1.68. The van der Waals surface area contributed by atoms with Crippen LogP contribution < -0.4 is 0 Å². The normalized spacial score (nSPS) is 14.7. The highest BCUT2D eigenvalue weighted by Crippen LogP contribution is 2.12. The molecule has 0 fully saturated rings. The van der Waals surface area contributed by atoms with E-state index >= 15 is 0 Å². The number of carbonyl (C=O) groups excluding carboxylic acids is 1. The van der Waals surface area contributed by atoms with Gasteiger partial charge in [0.1, 0.15) is 0 Å². The van der Waals surface area contributed by atoms with E-state index in [2.05, 4.69) is 4.74 Å². The maximum absolute atomic E-state index is 11.0. The Kier molecular flexibility index (Phi) is 4.59. The first kappa shape index (κ1) is 11.2. The van der Waals surface area contributed by atoms with Gasteiger partial charge in [-0.15, -0.1) is 0 Å². The Hall–Kier alpha value is -0.830. The number of ether oxygens (including phenoxy) is 1. The van der Waals surface area contributed by atoms with Crippen LogP contribution in [0.15, 0.2) is 11.6 Å². The van der Waals surface area contributed by atoms with E-state index in [1.165, 1.54) is 7.11 Å². The van der Waals surface area contributed by atoms with Crippen molar-refractivity contribution in [2.75, 3.05) is 7.11 Å². The zero-order valence-corrected chi connectivity index (χ0v) is 8.00. The zero-order valence-electron chi connectivity index (χ0n) is 8.00. The van der Waals surface area contributed by atoms with Crippen molar-refractivity contribution in [2.24, 2.45) is 5.92 Å². The molecule has 0 aromatic rings. The molecule has 0 aliphatic rings. The fourth-order valence-electron chi connectivity index (χ4n) is 0.886. The van der Waals surface area contributed by atoms with Crippen LogP contribution in [0.3, 0.4) is 0 Å². The van der Waals surface area contributed by atoms with Crippen LogP contribution in [0.4, 0.5) is 0 Å². The average molecular weight is 172 g/mol. The predicted octanol–water partition coefficient (Wildman–Crippen LogP) is 1.12. The van der Waals surface area contributed by atoms with Crippen molar-refractivity contribution in [3.8, 4) is 0 Å². The van der Waals surface area contributed by atoms with Crippen LogP contribution in [-0.4, -0.2) is 24.3 Å². The summed E-state index contributed by atoms with van der Waals surface area (Å²) in [4.78, 5) is 11.0. The number of allylic oxidation sites excluding steroid dienone is 1. The smallest absolute Gasteiger partial charge is 0.336 e. The van der Waals surface area contributed by atoms with E-state index < -0.39 is 12.1 Å². The lowest BCUT2D eigenvalue weighted by atomic mass is 9.99. The molecule has 0 saturated heterocycles. The van der Waals surface area contributed by atoms with Gasteiger partial charge in [-0.2, -0.15) is 0 Å². The van der Waals surface area contributed by atoms with Gasteiger partial charge in [0.2, 0.25) is 0 Å². The fourth-order valence-corrected chi connectivity index (χ4v) is 0.886. The highest BCUT2D eigenvalue weighted by Gasteiger charge is 2.20. The monoisotopic (exact) mass is 172 g/mol. The van der Waals surface area contributed by atoms with E-state index in [0.717, 1.165) is 0 Å². The molecule has 0 aromatic carbocycles. The van der Waals surface area contributed by atoms with E-state index in [1.807, 2.05) is 13.8 Å². The van der Waals surface area contributed by atoms with Crippen LogP contribution in [-0.2, 0) is 9.53 Å². The molecule has 0 amide bonds. The number of hydrogen-bond donors (Lipinski definition) is 1. The molecule has 0 bridgehead atoms. The van der Waals surface area contributed by atoms with Crippen LogP contribution in [0.25, 0.3) is 0 Å². The van der Waals surface area contributed by atoms with Gasteiger partial charge in [0.25, 0.3) is 0 Å². The van der Waals surface area contributed by atoms with Gasteiger partial charge in [-0.3, -0.25) is 0 Å². The third kappa shape index (κ3) is 2.66. The largest absolute Gasteiger partial charge is 0.466 e. The molecule has 0 aliphatic heterocycles. The van der Waals surface area contributed by atoms with Gasteiger partial charge in [-0.05, 0) is 12.8 Å². The minimum atomic E-state index is -0.734. The summed E-state index contributed by atoms with van der Waals surface area (Å²) in [6.07, 6.45) is 0.846. The average Bonchev–Trinajstić information content (AvgIpc) is 2.05. The minimum Gasteiger partial charge on any atom is -0.466 e. The predicted molar refractivity (Wildman–Crippen MR) is 46.6 cm³/mol. The van der Waals surface area contributed by atoms with Crippen molar-refractivity contribution in [2.45, 2.75) is 26.9 Å². The summed E-state index contributed by atoms with van der Waals surface area (Å²) in [6.45, 7) is 5.39. The number of rotatable bonds is 3. The van der Waals surface area contributed by atoms with Gasteiger partial charge in [0, 0.05) is 0 Å². The van der Waals surface area contributed by atoms with Crippen molar-refractivity contribution >= 4 is 5.97 Å². The van der Waals surface area contributed by atoms with Crippen LogP contribution in [0, 0.1) is 5.92 Å². The topological polar surface area (TPSA) is 46.5 Å². The molecule has 0 spiro atoms. The SMILES string of the molecule is C/C=C(/C(=O)OC)C(O)C(C)C. The Morgan fingerprint density at radius 1 is 1.50 bits per heavy atom. The Labute approximate surface area is 73.0 Å². The summed E-state index contributed by atoms with van der Waals surface area (Å²) in [5.41, 5.74) is 0.326. The summed E-state index contributed by atoms with van der Waals surface area (Å²) >= 11 is 0. The Balaban J connectivity index is 4.47. The van der Waals surface area contributed by atoms with Gasteiger partial charge in [-0.1, -0.05) is 19.9 Å². The quantitative estimate of drug-likeness (QED) is 0.512. The van der Waals surface area contributed by atoms with Crippen molar-refractivity contribution in [1.29, 1.82) is 0 Å². The fraction of sp³-hybridized carbons (Fsp3) is 0.667. The molecular weight excluding hydrogens is 156 g/mol. The summed E-state index contributed by atoms with van der Waals surface area (Å²) < 4.78 is 4.51. The van der Waals surface area contributed by atoms with Crippen LogP contribution in [0.2, 0.25) is 0 Å². The second kappa shape index (κ2) is 4.93. The molecule has 70 valence electrons. The summed E-state index contributed by atoms with van der Waals surface area (Å²) in [5, 5.41) is 9.52. The highest BCUT2D eigenvalue weighted by molar-refractivity contribution is 5.89. The number of carbonyl (C=O) groups is 1. The van der Waals surface area contributed by atoms with Crippen LogP contribution in [0.1, 0.15) is 20.8 Å². The lowest BCUT2D eigenvalue weighted by Gasteiger charge is -2.15. The minimum absolute atomic E-state index is 0.0234. The van der Waals surface area contributed by atoms with Gasteiger partial charge < -0.3 is 9.84 Å². The molecule has 1 N–H and O–H groups in total. The molecule has 1 atom stereocenters. The maximum atomic E-state index is 11.0. The Bertz CT molecular complexity index is 182. The molecule has 0 radical (unpaired) electrons. The van der Waals surface area contributed by atoms with E-state index in [9.17, 15) is 9.90 Å². The highest BCUT2D eigenvalue weighted by atomic mass is 16.5. The molecule has 0 aliphatic carbocycles. The van der Waals surface area contributed by atoms with Gasteiger partial charge in [0.15, 0.2) is 0 Å². The Morgan fingerprint density at radius 3 is 2.25 bits per heavy atom. The first-order chi connectivity index (χ1) is 5.54. The number of aliphatic hydroxyl groups excluding tert-OH is 1. The second-order valence-electron chi connectivity index (χ2n) is 2.92. The molecule has 0 saturated carbocycles. The lowest BCUT2D eigenvalue weighted by Crippen LogP contribution is -2.24. The summed E-state index contributed by atoms with van der Waals surface area (Å²) in [6, 6.07) is 0. The maximum Gasteiger partial charge on any atom is 0.336 e.